The highest BCUT2D eigenvalue weighted by Crippen LogP contribution is 2.39. The van der Waals surface area contributed by atoms with Gasteiger partial charge < -0.3 is 0 Å². The van der Waals surface area contributed by atoms with Crippen molar-refractivity contribution in [3.63, 3.8) is 0 Å². The highest BCUT2D eigenvalue weighted by molar-refractivity contribution is 8.93. The highest BCUT2D eigenvalue weighted by atomic mass is 79.9. The Morgan fingerprint density at radius 3 is 1.33 bits per heavy atom. The molecule has 0 aromatic rings. The summed E-state index contributed by atoms with van der Waals surface area (Å²) in [7, 11) is 3.19. The molecule has 0 amide bonds. The zero-order valence-corrected chi connectivity index (χ0v) is 20.2. The van der Waals surface area contributed by atoms with Gasteiger partial charge in [-0.2, -0.15) is 0 Å². The molecule has 2 heteroatoms. The molecule has 0 fully saturated rings. The summed E-state index contributed by atoms with van der Waals surface area (Å²) in [6.07, 6.45) is 22.9. The number of hydrogen-bond donors (Lipinski definition) is 0. The summed E-state index contributed by atoms with van der Waals surface area (Å²) in [6.45, 7) is 9.41. The van der Waals surface area contributed by atoms with Crippen LogP contribution in [0.1, 0.15) is 130 Å². The van der Waals surface area contributed by atoms with E-state index in [2.05, 4.69) is 36.9 Å². The predicted octanol–water partition coefficient (Wildman–Crippen LogP) is 9.12. The second-order valence-electron chi connectivity index (χ2n) is 7.72. The highest BCUT2D eigenvalue weighted by Gasteiger charge is 2.28. The molecule has 0 saturated heterocycles. The quantitative estimate of drug-likeness (QED) is 0.162. The fourth-order valence-electron chi connectivity index (χ4n) is 3.96. The third kappa shape index (κ3) is 13.2. The Kier molecular flexibility index (Phi) is 21.1. The molecule has 0 spiro atoms. The van der Waals surface area contributed by atoms with Crippen molar-refractivity contribution in [1.29, 1.82) is 0 Å². The van der Waals surface area contributed by atoms with E-state index >= 15 is 0 Å². The number of halogens is 1. The van der Waals surface area contributed by atoms with E-state index < -0.39 is 0 Å². The van der Waals surface area contributed by atoms with Crippen molar-refractivity contribution < 1.29 is 0 Å². The summed E-state index contributed by atoms with van der Waals surface area (Å²) >= 11 is 0. The van der Waals surface area contributed by atoms with Crippen LogP contribution in [0.4, 0.5) is 0 Å². The zero-order valence-electron chi connectivity index (χ0n) is 17.4. The Morgan fingerprint density at radius 1 is 0.625 bits per heavy atom. The molecule has 2 atom stereocenters. The van der Waals surface area contributed by atoms with Crippen LogP contribution in [0.25, 0.3) is 0 Å². The topological polar surface area (TPSA) is 0 Å². The SMILES string of the molecule is Br.CCCCCCCCCCCCCCC(CC)C(P)(CC)CC. The average Bonchev–Trinajstić information content (AvgIpc) is 2.58. The summed E-state index contributed by atoms with van der Waals surface area (Å²) in [6, 6.07) is 0. The molecule has 0 aliphatic carbocycles. The third-order valence-electron chi connectivity index (χ3n) is 6.03. The molecule has 0 aromatic heterocycles. The van der Waals surface area contributed by atoms with Gasteiger partial charge in [0, 0.05) is 0 Å². The summed E-state index contributed by atoms with van der Waals surface area (Å²) in [5.41, 5.74) is 0. The lowest BCUT2D eigenvalue weighted by Crippen LogP contribution is -2.29. The summed E-state index contributed by atoms with van der Waals surface area (Å²) in [5, 5.41) is 0.506. The predicted molar refractivity (Wildman–Crippen MR) is 123 cm³/mol. The molecular weight excluding hydrogens is 375 g/mol. The Hall–Kier alpha value is 0.910. The van der Waals surface area contributed by atoms with Gasteiger partial charge in [-0.15, -0.1) is 26.2 Å². The van der Waals surface area contributed by atoms with Crippen molar-refractivity contribution in [2.24, 2.45) is 5.92 Å². The first-order valence-electron chi connectivity index (χ1n) is 10.9. The van der Waals surface area contributed by atoms with Crippen molar-refractivity contribution in [1.82, 2.24) is 0 Å². The first-order chi connectivity index (χ1) is 11.1. The van der Waals surface area contributed by atoms with Gasteiger partial charge in [0.15, 0.2) is 0 Å². The van der Waals surface area contributed by atoms with Crippen LogP contribution in [0.15, 0.2) is 0 Å². The van der Waals surface area contributed by atoms with Crippen molar-refractivity contribution in [3.8, 4) is 0 Å². The Balaban J connectivity index is 0. The minimum atomic E-state index is 0. The molecule has 0 N–H and O–H groups in total. The van der Waals surface area contributed by atoms with Gasteiger partial charge in [0.1, 0.15) is 0 Å². The zero-order chi connectivity index (χ0) is 17.4. The van der Waals surface area contributed by atoms with Crippen molar-refractivity contribution in [3.05, 3.63) is 0 Å². The van der Waals surface area contributed by atoms with E-state index in [1.54, 1.807) is 0 Å². The van der Waals surface area contributed by atoms with E-state index in [-0.39, 0.29) is 17.0 Å². The summed E-state index contributed by atoms with van der Waals surface area (Å²) in [5.74, 6) is 0.908. The molecular formula is C22H48BrP. The average molecular weight is 424 g/mol. The van der Waals surface area contributed by atoms with Crippen LogP contribution in [0.2, 0.25) is 0 Å². The van der Waals surface area contributed by atoms with Crippen LogP contribution < -0.4 is 0 Å². The second-order valence-corrected chi connectivity index (χ2v) is 8.87. The van der Waals surface area contributed by atoms with Crippen LogP contribution in [0.5, 0.6) is 0 Å². The molecule has 0 saturated carbocycles. The standard InChI is InChI=1S/C22H47P.BrH/c1-5-9-10-11-12-13-14-15-16-17-18-19-20-21(6-2)22(23,7-3)8-4;/h21H,5-20,23H2,1-4H3;1H. The number of rotatable bonds is 17. The maximum absolute atomic E-state index is 3.19. The number of unbranched alkanes of at least 4 members (excludes halogenated alkanes) is 11. The molecule has 24 heavy (non-hydrogen) atoms. The lowest BCUT2D eigenvalue weighted by molar-refractivity contribution is 0.313. The molecule has 0 rings (SSSR count). The number of hydrogen-bond acceptors (Lipinski definition) is 0. The van der Waals surface area contributed by atoms with Gasteiger partial charge in [0.05, 0.1) is 0 Å². The van der Waals surface area contributed by atoms with E-state index in [9.17, 15) is 0 Å². The van der Waals surface area contributed by atoms with E-state index in [4.69, 9.17) is 0 Å². The van der Waals surface area contributed by atoms with Gasteiger partial charge in [-0.05, 0) is 30.3 Å². The molecule has 0 aromatic carbocycles. The van der Waals surface area contributed by atoms with Crippen molar-refractivity contribution >= 4 is 26.2 Å². The van der Waals surface area contributed by atoms with Gasteiger partial charge in [-0.25, -0.2) is 0 Å². The monoisotopic (exact) mass is 422 g/mol. The normalized spacial score (nSPS) is 12.9. The maximum Gasteiger partial charge on any atom is -0.0127 e. The fraction of sp³-hybridized carbons (Fsp3) is 1.00. The molecule has 148 valence electrons. The Morgan fingerprint density at radius 2 is 1.00 bits per heavy atom. The molecule has 0 radical (unpaired) electrons. The van der Waals surface area contributed by atoms with Crippen LogP contribution in [-0.4, -0.2) is 5.16 Å². The van der Waals surface area contributed by atoms with Crippen LogP contribution in [0.3, 0.4) is 0 Å². The molecule has 0 nitrogen and oxygen atoms in total. The summed E-state index contributed by atoms with van der Waals surface area (Å²) in [4.78, 5) is 0. The van der Waals surface area contributed by atoms with Gasteiger partial charge in [-0.1, -0.05) is 111 Å². The van der Waals surface area contributed by atoms with Crippen LogP contribution >= 0.6 is 26.2 Å². The Bertz CT molecular complexity index is 238. The van der Waals surface area contributed by atoms with E-state index in [1.807, 2.05) is 0 Å². The van der Waals surface area contributed by atoms with E-state index in [0.717, 1.165) is 5.92 Å². The molecule has 0 heterocycles. The van der Waals surface area contributed by atoms with E-state index in [1.165, 1.54) is 103 Å². The molecule has 2 unspecified atom stereocenters. The van der Waals surface area contributed by atoms with Crippen LogP contribution in [-0.2, 0) is 0 Å². The first-order valence-corrected chi connectivity index (χ1v) is 11.5. The first kappa shape index (κ1) is 27.1. The smallest absolute Gasteiger partial charge is 0.0127 e. The van der Waals surface area contributed by atoms with Gasteiger partial charge in [-0.3, -0.25) is 0 Å². The van der Waals surface area contributed by atoms with E-state index in [0.29, 0.717) is 5.16 Å². The largest absolute Gasteiger partial charge is 0.131 e. The Labute approximate surface area is 167 Å². The van der Waals surface area contributed by atoms with Gasteiger partial charge in [0.25, 0.3) is 0 Å². The fourth-order valence-corrected chi connectivity index (χ4v) is 4.36. The van der Waals surface area contributed by atoms with Crippen molar-refractivity contribution in [2.45, 2.75) is 136 Å². The minimum Gasteiger partial charge on any atom is -0.131 e. The van der Waals surface area contributed by atoms with Crippen molar-refractivity contribution in [2.75, 3.05) is 0 Å². The summed E-state index contributed by atoms with van der Waals surface area (Å²) < 4.78 is 0. The molecule has 0 bridgehead atoms. The molecule has 0 aliphatic heterocycles. The lowest BCUT2D eigenvalue weighted by atomic mass is 9.81. The molecule has 0 aliphatic rings. The lowest BCUT2D eigenvalue weighted by Gasteiger charge is -2.36. The third-order valence-corrected chi connectivity index (χ3v) is 7.32. The van der Waals surface area contributed by atoms with Gasteiger partial charge in [0.2, 0.25) is 0 Å². The second kappa shape index (κ2) is 18.7. The maximum atomic E-state index is 3.19. The van der Waals surface area contributed by atoms with Crippen LogP contribution in [0, 0.1) is 5.92 Å². The van der Waals surface area contributed by atoms with Gasteiger partial charge >= 0.3 is 0 Å². The minimum absolute atomic E-state index is 0.